The van der Waals surface area contributed by atoms with Gasteiger partial charge in [-0.05, 0) is 31.0 Å². The fourth-order valence-corrected chi connectivity index (χ4v) is 1.78. The van der Waals surface area contributed by atoms with Crippen LogP contribution in [0.5, 0.6) is 0 Å². The summed E-state index contributed by atoms with van der Waals surface area (Å²) in [4.78, 5) is 13.9. The van der Waals surface area contributed by atoms with E-state index >= 15 is 0 Å². The topological polar surface area (TPSA) is 55.6 Å². The van der Waals surface area contributed by atoms with Crippen molar-refractivity contribution in [3.63, 3.8) is 0 Å². The van der Waals surface area contributed by atoms with Crippen molar-refractivity contribution in [3.05, 3.63) is 29.8 Å². The minimum absolute atomic E-state index is 0.135. The van der Waals surface area contributed by atoms with Gasteiger partial charge in [-0.3, -0.25) is 4.79 Å². The Morgan fingerprint density at radius 1 is 1.21 bits per heavy atom. The zero-order valence-corrected chi connectivity index (χ0v) is 11.9. The fraction of sp³-hybridized carbons (Fsp3) is 0.533. The molecule has 4 nitrogen and oxygen atoms in total. The van der Waals surface area contributed by atoms with E-state index in [2.05, 4.69) is 6.92 Å². The number of benzene rings is 1. The van der Waals surface area contributed by atoms with Crippen LogP contribution in [0.4, 0.5) is 5.69 Å². The van der Waals surface area contributed by atoms with Crippen LogP contribution in [0.3, 0.4) is 0 Å². The number of hydrogen-bond acceptors (Lipinski definition) is 3. The van der Waals surface area contributed by atoms with Gasteiger partial charge in [-0.15, -0.1) is 0 Å². The summed E-state index contributed by atoms with van der Waals surface area (Å²) in [7, 11) is 0. The van der Waals surface area contributed by atoms with E-state index in [1.165, 1.54) is 0 Å². The maximum atomic E-state index is 12.0. The summed E-state index contributed by atoms with van der Waals surface area (Å²) in [5.74, 6) is 0.135. The molecule has 1 rings (SSSR count). The highest BCUT2D eigenvalue weighted by Gasteiger charge is 2.11. The second-order valence-electron chi connectivity index (χ2n) is 4.51. The first-order valence-electron chi connectivity index (χ1n) is 6.87. The zero-order valence-electron chi connectivity index (χ0n) is 11.9. The van der Waals surface area contributed by atoms with E-state index in [9.17, 15) is 4.79 Å². The molecule has 0 spiro atoms. The molecule has 0 saturated heterocycles. The number of amides is 1. The lowest BCUT2D eigenvalue weighted by molar-refractivity contribution is -0.132. The van der Waals surface area contributed by atoms with Gasteiger partial charge in [0.05, 0.1) is 13.0 Å². The SMILES string of the molecule is CCCOCCC(=O)N(CC)Cc1ccc(N)cc1. The molecular formula is C15H24N2O2. The van der Waals surface area contributed by atoms with Crippen LogP contribution in [0.2, 0.25) is 0 Å². The third-order valence-corrected chi connectivity index (χ3v) is 2.90. The average molecular weight is 264 g/mol. The second-order valence-corrected chi connectivity index (χ2v) is 4.51. The van der Waals surface area contributed by atoms with Crippen LogP contribution in [0.15, 0.2) is 24.3 Å². The Labute approximate surface area is 115 Å². The molecule has 0 aliphatic rings. The second kappa shape index (κ2) is 8.53. The van der Waals surface area contributed by atoms with Crippen molar-refractivity contribution in [3.8, 4) is 0 Å². The van der Waals surface area contributed by atoms with Gasteiger partial charge in [0.1, 0.15) is 0 Å². The number of nitrogen functional groups attached to an aromatic ring is 1. The van der Waals surface area contributed by atoms with Crippen LogP contribution in [0.25, 0.3) is 0 Å². The summed E-state index contributed by atoms with van der Waals surface area (Å²) in [5, 5.41) is 0. The molecule has 0 aromatic heterocycles. The van der Waals surface area contributed by atoms with Gasteiger partial charge in [-0.1, -0.05) is 19.1 Å². The van der Waals surface area contributed by atoms with Gasteiger partial charge in [0, 0.05) is 25.4 Å². The minimum atomic E-state index is 0.135. The molecule has 1 amide bonds. The van der Waals surface area contributed by atoms with Crippen LogP contribution in [0, 0.1) is 0 Å². The Hall–Kier alpha value is -1.55. The number of ether oxygens (including phenoxy) is 1. The van der Waals surface area contributed by atoms with Crippen LogP contribution in [-0.4, -0.2) is 30.6 Å². The van der Waals surface area contributed by atoms with E-state index < -0.39 is 0 Å². The maximum Gasteiger partial charge on any atom is 0.225 e. The fourth-order valence-electron chi connectivity index (χ4n) is 1.78. The Balaban J connectivity index is 2.43. The van der Waals surface area contributed by atoms with Gasteiger partial charge in [-0.25, -0.2) is 0 Å². The highest BCUT2D eigenvalue weighted by Crippen LogP contribution is 2.09. The number of carbonyl (C=O) groups is 1. The van der Waals surface area contributed by atoms with Gasteiger partial charge in [-0.2, -0.15) is 0 Å². The predicted molar refractivity (Wildman–Crippen MR) is 77.7 cm³/mol. The van der Waals surface area contributed by atoms with Gasteiger partial charge >= 0.3 is 0 Å². The van der Waals surface area contributed by atoms with Crippen molar-refractivity contribution in [2.24, 2.45) is 0 Å². The zero-order chi connectivity index (χ0) is 14.1. The molecule has 1 aromatic carbocycles. The first-order valence-corrected chi connectivity index (χ1v) is 6.87. The molecule has 106 valence electrons. The van der Waals surface area contributed by atoms with E-state index in [1.54, 1.807) is 0 Å². The third-order valence-electron chi connectivity index (χ3n) is 2.90. The molecule has 2 N–H and O–H groups in total. The summed E-state index contributed by atoms with van der Waals surface area (Å²) in [6.07, 6.45) is 1.43. The number of hydrogen-bond donors (Lipinski definition) is 1. The maximum absolute atomic E-state index is 12.0. The number of nitrogens with zero attached hydrogens (tertiary/aromatic N) is 1. The molecule has 0 heterocycles. The lowest BCUT2D eigenvalue weighted by Crippen LogP contribution is -2.31. The predicted octanol–water partition coefficient (Wildman–Crippen LogP) is 2.43. The molecule has 0 atom stereocenters. The molecule has 0 bridgehead atoms. The highest BCUT2D eigenvalue weighted by atomic mass is 16.5. The number of anilines is 1. The first kappa shape index (κ1) is 15.5. The van der Waals surface area contributed by atoms with Gasteiger partial charge in [0.25, 0.3) is 0 Å². The lowest BCUT2D eigenvalue weighted by Gasteiger charge is -2.21. The summed E-state index contributed by atoms with van der Waals surface area (Å²) in [6.45, 7) is 6.60. The Bertz CT molecular complexity index is 376. The van der Waals surface area contributed by atoms with Gasteiger partial charge < -0.3 is 15.4 Å². The highest BCUT2D eigenvalue weighted by molar-refractivity contribution is 5.76. The van der Waals surface area contributed by atoms with Crippen molar-refractivity contribution >= 4 is 11.6 Å². The number of carbonyl (C=O) groups excluding carboxylic acids is 1. The third kappa shape index (κ3) is 5.75. The monoisotopic (exact) mass is 264 g/mol. The standard InChI is InChI=1S/C15H24N2O2/c1-3-10-19-11-9-15(18)17(4-2)12-13-5-7-14(16)8-6-13/h5-8H,3-4,9-12,16H2,1-2H3. The molecule has 4 heteroatoms. The minimum Gasteiger partial charge on any atom is -0.399 e. The van der Waals surface area contributed by atoms with E-state index in [-0.39, 0.29) is 5.91 Å². The van der Waals surface area contributed by atoms with Crippen LogP contribution in [-0.2, 0) is 16.1 Å². The van der Waals surface area contributed by atoms with Crippen LogP contribution < -0.4 is 5.73 Å². The molecule has 0 aliphatic heterocycles. The molecule has 19 heavy (non-hydrogen) atoms. The summed E-state index contributed by atoms with van der Waals surface area (Å²) in [5.41, 5.74) is 7.48. The Morgan fingerprint density at radius 2 is 1.89 bits per heavy atom. The van der Waals surface area contributed by atoms with E-state index in [1.807, 2.05) is 36.1 Å². The normalized spacial score (nSPS) is 10.4. The molecule has 0 unspecified atom stereocenters. The lowest BCUT2D eigenvalue weighted by atomic mass is 10.2. The molecule has 0 radical (unpaired) electrons. The molecule has 0 aliphatic carbocycles. The molecular weight excluding hydrogens is 240 g/mol. The summed E-state index contributed by atoms with van der Waals surface area (Å²) >= 11 is 0. The van der Waals surface area contributed by atoms with Crippen molar-refractivity contribution in [2.75, 3.05) is 25.5 Å². The Kier molecular flexibility index (Phi) is 6.97. The smallest absolute Gasteiger partial charge is 0.225 e. The molecule has 1 aromatic rings. The summed E-state index contributed by atoms with van der Waals surface area (Å²) in [6, 6.07) is 7.63. The van der Waals surface area contributed by atoms with Gasteiger partial charge in [0.15, 0.2) is 0 Å². The molecule has 0 fully saturated rings. The van der Waals surface area contributed by atoms with Crippen LogP contribution in [0.1, 0.15) is 32.3 Å². The number of rotatable bonds is 8. The van der Waals surface area contributed by atoms with Crippen molar-refractivity contribution < 1.29 is 9.53 Å². The van der Waals surface area contributed by atoms with Crippen LogP contribution >= 0.6 is 0 Å². The number of nitrogens with two attached hydrogens (primary N) is 1. The van der Waals surface area contributed by atoms with Crippen molar-refractivity contribution in [2.45, 2.75) is 33.2 Å². The van der Waals surface area contributed by atoms with Crippen molar-refractivity contribution in [1.82, 2.24) is 4.90 Å². The van der Waals surface area contributed by atoms with E-state index in [0.717, 1.165) is 24.3 Å². The van der Waals surface area contributed by atoms with E-state index in [4.69, 9.17) is 10.5 Å². The average Bonchev–Trinajstić information content (AvgIpc) is 2.42. The quantitative estimate of drug-likeness (QED) is 0.579. The molecule has 0 saturated carbocycles. The van der Waals surface area contributed by atoms with Crippen molar-refractivity contribution in [1.29, 1.82) is 0 Å². The largest absolute Gasteiger partial charge is 0.399 e. The Morgan fingerprint density at radius 3 is 2.47 bits per heavy atom. The van der Waals surface area contributed by atoms with E-state index in [0.29, 0.717) is 26.1 Å². The first-order chi connectivity index (χ1) is 9.17. The van der Waals surface area contributed by atoms with Gasteiger partial charge in [0.2, 0.25) is 5.91 Å². The summed E-state index contributed by atoms with van der Waals surface area (Å²) < 4.78 is 5.35.